The van der Waals surface area contributed by atoms with Crippen molar-refractivity contribution in [2.75, 3.05) is 13.2 Å². The molecule has 0 spiro atoms. The smallest absolute Gasteiger partial charge is 0.0466 e. The molecule has 0 saturated heterocycles. The summed E-state index contributed by atoms with van der Waals surface area (Å²) in [6.45, 7) is 6.62. The van der Waals surface area contributed by atoms with Gasteiger partial charge in [-0.3, -0.25) is 0 Å². The Morgan fingerprint density at radius 1 is 0.154 bits per heavy atom. The molecule has 1 nitrogen and oxygen atoms in total. The molecule has 0 fully saturated rings. The van der Waals surface area contributed by atoms with Crippen molar-refractivity contribution in [3.8, 4) is 0 Å². The van der Waals surface area contributed by atoms with Crippen LogP contribution in [0.25, 0.3) is 0 Å². The van der Waals surface area contributed by atoms with E-state index in [2.05, 4.69) is 13.8 Å². The summed E-state index contributed by atoms with van der Waals surface area (Å²) in [7, 11) is 0. The molecule has 0 aliphatic rings. The first-order valence-electron chi connectivity index (χ1n) is 25.5. The Kier molecular flexibility index (Phi) is 50.9. The topological polar surface area (TPSA) is 9.23 Å². The first kappa shape index (κ1) is 52.0. The summed E-state index contributed by atoms with van der Waals surface area (Å²) in [5.74, 6) is 0. The number of rotatable bonds is 49. The van der Waals surface area contributed by atoms with Crippen molar-refractivity contribution in [2.24, 2.45) is 0 Å². The van der Waals surface area contributed by atoms with Crippen molar-refractivity contribution >= 4 is 0 Å². The highest BCUT2D eigenvalue weighted by Crippen LogP contribution is 2.17. The van der Waals surface area contributed by atoms with Crippen LogP contribution in [0.2, 0.25) is 0 Å². The molecule has 314 valence electrons. The first-order chi connectivity index (χ1) is 25.9. The van der Waals surface area contributed by atoms with Gasteiger partial charge in [-0.1, -0.05) is 303 Å². The van der Waals surface area contributed by atoms with Crippen LogP contribution in [-0.2, 0) is 4.74 Å². The molecule has 52 heavy (non-hydrogen) atoms. The lowest BCUT2D eigenvalue weighted by Gasteiger charge is -2.06. The standard InChI is InChI=1S/C51H104O/c1-3-5-7-9-11-13-15-17-19-21-23-25-27-29-31-33-35-37-39-41-43-45-47-49-51-52-50-48-46-44-42-40-38-36-34-32-30-28-26-24-22-20-18-16-14-12-10-8-6-4-2/h3-51H2,1-2H3. The molecule has 0 amide bonds. The zero-order valence-corrected chi connectivity index (χ0v) is 37.1. The van der Waals surface area contributed by atoms with E-state index in [-0.39, 0.29) is 0 Å². The lowest BCUT2D eigenvalue weighted by atomic mass is 10.0. The lowest BCUT2D eigenvalue weighted by molar-refractivity contribution is 0.125. The van der Waals surface area contributed by atoms with Crippen LogP contribution in [0.4, 0.5) is 0 Å². The van der Waals surface area contributed by atoms with Crippen LogP contribution < -0.4 is 0 Å². The highest BCUT2D eigenvalue weighted by Gasteiger charge is 1.99. The minimum absolute atomic E-state index is 0.999. The predicted molar refractivity (Wildman–Crippen MR) is 239 cm³/mol. The minimum Gasteiger partial charge on any atom is -0.381 e. The fraction of sp³-hybridized carbons (Fsp3) is 1.00. The molecule has 0 aromatic carbocycles. The van der Waals surface area contributed by atoms with Crippen LogP contribution in [0.5, 0.6) is 0 Å². The van der Waals surface area contributed by atoms with Crippen LogP contribution in [0.15, 0.2) is 0 Å². The third kappa shape index (κ3) is 50.0. The fourth-order valence-electron chi connectivity index (χ4n) is 8.26. The van der Waals surface area contributed by atoms with Crippen LogP contribution in [0.1, 0.15) is 316 Å². The van der Waals surface area contributed by atoms with Crippen molar-refractivity contribution in [1.29, 1.82) is 0 Å². The van der Waals surface area contributed by atoms with Gasteiger partial charge in [0, 0.05) is 13.2 Å². The zero-order valence-electron chi connectivity index (χ0n) is 37.1. The van der Waals surface area contributed by atoms with Crippen molar-refractivity contribution in [3.05, 3.63) is 0 Å². The van der Waals surface area contributed by atoms with Gasteiger partial charge in [-0.05, 0) is 12.8 Å². The lowest BCUT2D eigenvalue weighted by Crippen LogP contribution is -1.97. The molecular formula is C51H104O. The van der Waals surface area contributed by atoms with E-state index in [0.717, 1.165) is 13.2 Å². The van der Waals surface area contributed by atoms with E-state index < -0.39 is 0 Å². The van der Waals surface area contributed by atoms with Gasteiger partial charge in [-0.2, -0.15) is 0 Å². The van der Waals surface area contributed by atoms with E-state index in [4.69, 9.17) is 4.74 Å². The number of hydrogen-bond donors (Lipinski definition) is 0. The van der Waals surface area contributed by atoms with E-state index in [9.17, 15) is 0 Å². The SMILES string of the molecule is CCCCCCCCCCCCCCCCCCCCCCCCCCOCCCCCCCCCCCCCCCCCCCCCCCCC. The van der Waals surface area contributed by atoms with Gasteiger partial charge in [0.1, 0.15) is 0 Å². The Labute approximate surface area is 332 Å². The Balaban J connectivity index is 3.04. The maximum atomic E-state index is 5.93. The van der Waals surface area contributed by atoms with Gasteiger partial charge in [0.2, 0.25) is 0 Å². The molecule has 0 N–H and O–H groups in total. The van der Waals surface area contributed by atoms with Crippen LogP contribution >= 0.6 is 0 Å². The maximum Gasteiger partial charge on any atom is 0.0466 e. The molecule has 1 heteroatoms. The molecule has 0 aromatic rings. The molecule has 0 aliphatic carbocycles. The molecule has 0 radical (unpaired) electrons. The van der Waals surface area contributed by atoms with E-state index in [0.29, 0.717) is 0 Å². The fourth-order valence-corrected chi connectivity index (χ4v) is 8.26. The third-order valence-electron chi connectivity index (χ3n) is 12.0. The Hall–Kier alpha value is -0.0400. The summed E-state index contributed by atoms with van der Waals surface area (Å²) in [5.41, 5.74) is 0. The summed E-state index contributed by atoms with van der Waals surface area (Å²) in [6.07, 6.45) is 68.5. The highest BCUT2D eigenvalue weighted by atomic mass is 16.5. The van der Waals surface area contributed by atoms with Crippen molar-refractivity contribution in [1.82, 2.24) is 0 Å². The predicted octanol–water partition coefficient (Wildman–Crippen LogP) is 19.4. The quantitative estimate of drug-likeness (QED) is 0.0566. The van der Waals surface area contributed by atoms with E-state index in [1.165, 1.54) is 302 Å². The summed E-state index contributed by atoms with van der Waals surface area (Å²) in [5, 5.41) is 0. The number of unbranched alkanes of at least 4 members (excludes halogenated alkanes) is 45. The van der Waals surface area contributed by atoms with Gasteiger partial charge in [0.25, 0.3) is 0 Å². The molecule has 0 rings (SSSR count). The second kappa shape index (κ2) is 51.0. The highest BCUT2D eigenvalue weighted by molar-refractivity contribution is 4.54. The van der Waals surface area contributed by atoms with Crippen LogP contribution in [-0.4, -0.2) is 13.2 Å². The molecule has 0 unspecified atom stereocenters. The average molecular weight is 733 g/mol. The summed E-state index contributed by atoms with van der Waals surface area (Å²) >= 11 is 0. The van der Waals surface area contributed by atoms with E-state index in [1.54, 1.807) is 0 Å². The molecule has 0 saturated carbocycles. The molecule has 0 aromatic heterocycles. The molecular weight excluding hydrogens is 629 g/mol. The monoisotopic (exact) mass is 733 g/mol. The minimum atomic E-state index is 0.999. The van der Waals surface area contributed by atoms with E-state index >= 15 is 0 Å². The number of ether oxygens (including phenoxy) is 1. The van der Waals surface area contributed by atoms with Gasteiger partial charge in [0.05, 0.1) is 0 Å². The maximum absolute atomic E-state index is 5.93. The van der Waals surface area contributed by atoms with Crippen molar-refractivity contribution in [3.63, 3.8) is 0 Å². The third-order valence-corrected chi connectivity index (χ3v) is 12.0. The van der Waals surface area contributed by atoms with E-state index in [1.807, 2.05) is 0 Å². The first-order valence-corrected chi connectivity index (χ1v) is 25.5. The van der Waals surface area contributed by atoms with Gasteiger partial charge in [-0.15, -0.1) is 0 Å². The Morgan fingerprint density at radius 2 is 0.269 bits per heavy atom. The molecule has 0 aliphatic heterocycles. The van der Waals surface area contributed by atoms with Gasteiger partial charge < -0.3 is 4.74 Å². The summed E-state index contributed by atoms with van der Waals surface area (Å²) in [4.78, 5) is 0. The Bertz CT molecular complexity index is 522. The Morgan fingerprint density at radius 3 is 0.404 bits per heavy atom. The van der Waals surface area contributed by atoms with Gasteiger partial charge in [0.15, 0.2) is 0 Å². The normalized spacial score (nSPS) is 11.7. The van der Waals surface area contributed by atoms with Gasteiger partial charge in [-0.25, -0.2) is 0 Å². The van der Waals surface area contributed by atoms with Crippen LogP contribution in [0.3, 0.4) is 0 Å². The summed E-state index contributed by atoms with van der Waals surface area (Å²) < 4.78 is 5.93. The molecule has 0 atom stereocenters. The van der Waals surface area contributed by atoms with Crippen LogP contribution in [0, 0.1) is 0 Å². The largest absolute Gasteiger partial charge is 0.381 e. The van der Waals surface area contributed by atoms with Crippen molar-refractivity contribution in [2.45, 2.75) is 316 Å². The summed E-state index contributed by atoms with van der Waals surface area (Å²) in [6, 6.07) is 0. The van der Waals surface area contributed by atoms with Crippen molar-refractivity contribution < 1.29 is 4.74 Å². The average Bonchev–Trinajstić information content (AvgIpc) is 3.16. The molecule has 0 bridgehead atoms. The second-order valence-corrected chi connectivity index (χ2v) is 17.5. The number of hydrogen-bond acceptors (Lipinski definition) is 1. The second-order valence-electron chi connectivity index (χ2n) is 17.5. The molecule has 0 heterocycles. The van der Waals surface area contributed by atoms with Gasteiger partial charge >= 0.3 is 0 Å². The zero-order chi connectivity index (χ0) is 37.4.